The predicted octanol–water partition coefficient (Wildman–Crippen LogP) is 1.74. The molecule has 2 aromatic heterocycles. The molecule has 0 amide bonds. The summed E-state index contributed by atoms with van der Waals surface area (Å²) < 4.78 is 9.20. The second-order valence-electron chi connectivity index (χ2n) is 7.69. The van der Waals surface area contributed by atoms with Crippen LogP contribution in [0, 0.1) is 0 Å². The van der Waals surface area contributed by atoms with Gasteiger partial charge in [0.15, 0.2) is 11.8 Å². The molecule has 0 aliphatic carbocycles. The van der Waals surface area contributed by atoms with Gasteiger partial charge in [0.2, 0.25) is 0 Å². The van der Waals surface area contributed by atoms with Gasteiger partial charge in [-0.3, -0.25) is 0 Å². The van der Waals surface area contributed by atoms with Crippen molar-refractivity contribution in [1.29, 1.82) is 0 Å². The molecule has 31 heavy (non-hydrogen) atoms. The fourth-order valence-electron chi connectivity index (χ4n) is 3.77. The van der Waals surface area contributed by atoms with Crippen LogP contribution in [0.4, 0.5) is 0 Å². The highest BCUT2D eigenvalue weighted by Crippen LogP contribution is 2.14. The van der Waals surface area contributed by atoms with E-state index in [1.165, 1.54) is 11.1 Å². The van der Waals surface area contributed by atoms with Crippen LogP contribution in [0.2, 0.25) is 0 Å². The molecule has 0 spiro atoms. The summed E-state index contributed by atoms with van der Waals surface area (Å²) in [4.78, 5) is 13.5. The van der Waals surface area contributed by atoms with E-state index in [9.17, 15) is 0 Å². The van der Waals surface area contributed by atoms with Crippen LogP contribution in [0.3, 0.4) is 0 Å². The SMILES string of the molecule is CCNC(=NCc1cccc(Cn2ccnc2)c1)NC1CCc2nc(COC)nn2C1. The van der Waals surface area contributed by atoms with Gasteiger partial charge in [-0.25, -0.2) is 19.6 Å². The van der Waals surface area contributed by atoms with Gasteiger partial charge in [-0.2, -0.15) is 5.10 Å². The number of nitrogens with one attached hydrogen (secondary N) is 2. The topological polar surface area (TPSA) is 94.2 Å². The van der Waals surface area contributed by atoms with Gasteiger partial charge in [-0.05, 0) is 24.5 Å². The van der Waals surface area contributed by atoms with E-state index in [4.69, 9.17) is 9.73 Å². The summed E-state index contributed by atoms with van der Waals surface area (Å²) in [6.07, 6.45) is 7.50. The quantitative estimate of drug-likeness (QED) is 0.424. The molecule has 164 valence electrons. The van der Waals surface area contributed by atoms with Gasteiger partial charge in [0.05, 0.1) is 19.4 Å². The van der Waals surface area contributed by atoms with Crippen molar-refractivity contribution < 1.29 is 4.74 Å². The first-order chi connectivity index (χ1) is 15.2. The third-order valence-electron chi connectivity index (χ3n) is 5.20. The van der Waals surface area contributed by atoms with Crippen molar-refractivity contribution in [3.8, 4) is 0 Å². The summed E-state index contributed by atoms with van der Waals surface area (Å²) in [7, 11) is 1.66. The summed E-state index contributed by atoms with van der Waals surface area (Å²) in [6.45, 7) is 5.54. The van der Waals surface area contributed by atoms with E-state index in [2.05, 4.69) is 61.5 Å². The Morgan fingerprint density at radius 3 is 3.03 bits per heavy atom. The van der Waals surface area contributed by atoms with Crippen LogP contribution in [0.5, 0.6) is 0 Å². The number of hydrogen-bond donors (Lipinski definition) is 2. The summed E-state index contributed by atoms with van der Waals surface area (Å²) in [5.74, 6) is 2.60. The molecular weight excluding hydrogens is 392 g/mol. The third-order valence-corrected chi connectivity index (χ3v) is 5.20. The molecule has 3 heterocycles. The lowest BCUT2D eigenvalue weighted by Crippen LogP contribution is -2.47. The van der Waals surface area contributed by atoms with E-state index in [0.717, 1.165) is 50.1 Å². The standard InChI is InChI=1S/C22H30N8O/c1-3-24-22(26-19-7-8-21-27-20(15-31-2)28-30(21)14-19)25-12-17-5-4-6-18(11-17)13-29-10-9-23-16-29/h4-6,9-11,16,19H,3,7-8,12-15H2,1-2H3,(H2,24,25,26). The van der Waals surface area contributed by atoms with E-state index in [-0.39, 0.29) is 6.04 Å². The van der Waals surface area contributed by atoms with Gasteiger partial charge in [-0.1, -0.05) is 24.3 Å². The summed E-state index contributed by atoms with van der Waals surface area (Å²) in [6, 6.07) is 8.79. The van der Waals surface area contributed by atoms with Gasteiger partial charge in [0.1, 0.15) is 12.4 Å². The Kier molecular flexibility index (Phi) is 6.93. The maximum absolute atomic E-state index is 5.15. The average molecular weight is 423 g/mol. The molecule has 0 fully saturated rings. The zero-order valence-corrected chi connectivity index (χ0v) is 18.2. The Bertz CT molecular complexity index is 995. The Balaban J connectivity index is 1.38. The molecule has 1 atom stereocenters. The normalized spacial score (nSPS) is 16.2. The maximum Gasteiger partial charge on any atom is 0.191 e. The number of rotatable bonds is 8. The van der Waals surface area contributed by atoms with Crippen molar-refractivity contribution in [2.75, 3.05) is 13.7 Å². The van der Waals surface area contributed by atoms with Crippen molar-refractivity contribution in [3.63, 3.8) is 0 Å². The minimum absolute atomic E-state index is 0.259. The van der Waals surface area contributed by atoms with Crippen molar-refractivity contribution in [2.45, 2.75) is 52.0 Å². The van der Waals surface area contributed by atoms with Gasteiger partial charge >= 0.3 is 0 Å². The first kappa shape index (κ1) is 21.0. The minimum atomic E-state index is 0.259. The molecule has 1 aliphatic rings. The number of ether oxygens (including phenoxy) is 1. The van der Waals surface area contributed by atoms with E-state index < -0.39 is 0 Å². The van der Waals surface area contributed by atoms with Gasteiger partial charge in [0, 0.05) is 45.1 Å². The molecule has 0 radical (unpaired) electrons. The van der Waals surface area contributed by atoms with Crippen molar-refractivity contribution in [2.24, 2.45) is 4.99 Å². The lowest BCUT2D eigenvalue weighted by molar-refractivity contribution is 0.177. The maximum atomic E-state index is 5.15. The second-order valence-corrected chi connectivity index (χ2v) is 7.69. The molecule has 0 saturated carbocycles. The molecule has 9 heteroatoms. The number of guanidine groups is 1. The highest BCUT2D eigenvalue weighted by atomic mass is 16.5. The zero-order valence-electron chi connectivity index (χ0n) is 18.2. The first-order valence-corrected chi connectivity index (χ1v) is 10.7. The molecule has 1 aliphatic heterocycles. The minimum Gasteiger partial charge on any atom is -0.377 e. The number of fused-ring (bicyclic) bond motifs is 1. The van der Waals surface area contributed by atoms with Crippen LogP contribution in [-0.4, -0.2) is 50.0 Å². The highest BCUT2D eigenvalue weighted by molar-refractivity contribution is 5.80. The van der Waals surface area contributed by atoms with E-state index in [0.29, 0.717) is 13.2 Å². The molecule has 2 N–H and O–H groups in total. The van der Waals surface area contributed by atoms with Crippen LogP contribution in [0.15, 0.2) is 48.0 Å². The molecule has 0 bridgehead atoms. The van der Waals surface area contributed by atoms with Crippen LogP contribution in [0.1, 0.15) is 36.1 Å². The Morgan fingerprint density at radius 1 is 1.32 bits per heavy atom. The first-order valence-electron chi connectivity index (χ1n) is 10.7. The largest absolute Gasteiger partial charge is 0.377 e. The van der Waals surface area contributed by atoms with Crippen LogP contribution >= 0.6 is 0 Å². The molecule has 0 saturated heterocycles. The smallest absolute Gasteiger partial charge is 0.191 e. The van der Waals surface area contributed by atoms with Crippen molar-refractivity contribution >= 4 is 5.96 Å². The molecule has 1 unspecified atom stereocenters. The van der Waals surface area contributed by atoms with Gasteiger partial charge in [-0.15, -0.1) is 0 Å². The number of benzene rings is 1. The monoisotopic (exact) mass is 422 g/mol. The fraction of sp³-hybridized carbons (Fsp3) is 0.455. The summed E-state index contributed by atoms with van der Waals surface area (Å²) in [5, 5.41) is 11.5. The number of methoxy groups -OCH3 is 1. The number of imidazole rings is 1. The van der Waals surface area contributed by atoms with Crippen LogP contribution in [0.25, 0.3) is 0 Å². The predicted molar refractivity (Wildman–Crippen MR) is 119 cm³/mol. The summed E-state index contributed by atoms with van der Waals surface area (Å²) >= 11 is 0. The molecule has 1 aromatic carbocycles. The lowest BCUT2D eigenvalue weighted by Gasteiger charge is -2.25. The molecule has 3 aromatic rings. The molecular formula is C22H30N8O. The number of aryl methyl sites for hydroxylation is 1. The van der Waals surface area contributed by atoms with Crippen LogP contribution < -0.4 is 10.6 Å². The van der Waals surface area contributed by atoms with Gasteiger partial charge < -0.3 is 19.9 Å². The van der Waals surface area contributed by atoms with Gasteiger partial charge in [0.25, 0.3) is 0 Å². The Hall–Kier alpha value is -3.20. The zero-order chi connectivity index (χ0) is 21.5. The van der Waals surface area contributed by atoms with Crippen molar-refractivity contribution in [1.82, 2.24) is 34.9 Å². The average Bonchev–Trinajstić information content (AvgIpc) is 3.42. The number of aliphatic imine (C=N–C) groups is 1. The van der Waals surface area contributed by atoms with Crippen LogP contribution in [-0.2, 0) is 37.4 Å². The Labute approximate surface area is 182 Å². The number of hydrogen-bond acceptors (Lipinski definition) is 5. The lowest BCUT2D eigenvalue weighted by atomic mass is 10.1. The molecule has 9 nitrogen and oxygen atoms in total. The van der Waals surface area contributed by atoms with E-state index in [1.54, 1.807) is 13.3 Å². The summed E-state index contributed by atoms with van der Waals surface area (Å²) in [5.41, 5.74) is 2.42. The van der Waals surface area contributed by atoms with E-state index in [1.807, 2.05) is 17.2 Å². The number of nitrogens with zero attached hydrogens (tertiary/aromatic N) is 6. The Morgan fingerprint density at radius 2 is 2.23 bits per heavy atom. The van der Waals surface area contributed by atoms with Crippen molar-refractivity contribution in [3.05, 3.63) is 65.8 Å². The van der Waals surface area contributed by atoms with E-state index >= 15 is 0 Å². The second kappa shape index (κ2) is 10.2. The molecule has 4 rings (SSSR count). The highest BCUT2D eigenvalue weighted by Gasteiger charge is 2.22. The number of aromatic nitrogens is 5. The third kappa shape index (κ3) is 5.69. The fourth-order valence-corrected chi connectivity index (χ4v) is 3.77.